The highest BCUT2D eigenvalue weighted by molar-refractivity contribution is 14.0. The van der Waals surface area contributed by atoms with Gasteiger partial charge in [-0.3, -0.25) is 4.98 Å². The molecule has 27 heavy (non-hydrogen) atoms. The number of fused-ring (bicyclic) bond motifs is 1. The molecule has 2 aromatic carbocycles. The third-order valence-electron chi connectivity index (χ3n) is 3.94. The smallest absolute Gasteiger partial charge is 0.191 e. The van der Waals surface area contributed by atoms with Crippen molar-refractivity contribution in [3.05, 3.63) is 77.6 Å². The number of rotatable bonds is 5. The Morgan fingerprint density at radius 1 is 1.07 bits per heavy atom. The maximum absolute atomic E-state index is 13.7. The Hall–Kier alpha value is -2.29. The fraction of sp³-hybridized carbons (Fsp3) is 0.200. The number of hydrogen-bond acceptors (Lipinski definition) is 2. The molecule has 142 valence electrons. The number of nitrogens with one attached hydrogen (secondary N) is 2. The van der Waals surface area contributed by atoms with Gasteiger partial charge in [0.05, 0.1) is 18.8 Å². The van der Waals surface area contributed by atoms with Crippen molar-refractivity contribution < 1.29 is 8.78 Å². The topological polar surface area (TPSA) is 49.3 Å². The lowest BCUT2D eigenvalue weighted by atomic mass is 10.1. The predicted molar refractivity (Wildman–Crippen MR) is 115 cm³/mol. The summed E-state index contributed by atoms with van der Waals surface area (Å²) < 4.78 is 27.0. The third-order valence-corrected chi connectivity index (χ3v) is 3.94. The summed E-state index contributed by atoms with van der Waals surface area (Å²) in [6.45, 7) is 3.11. The van der Waals surface area contributed by atoms with E-state index >= 15 is 0 Å². The lowest BCUT2D eigenvalue weighted by Crippen LogP contribution is -2.37. The Balaban J connectivity index is 0.00000261. The molecule has 0 unspecified atom stereocenters. The van der Waals surface area contributed by atoms with E-state index < -0.39 is 11.6 Å². The zero-order valence-electron chi connectivity index (χ0n) is 14.9. The number of halogens is 3. The van der Waals surface area contributed by atoms with Crippen molar-refractivity contribution in [2.75, 3.05) is 6.54 Å². The van der Waals surface area contributed by atoms with Crippen molar-refractivity contribution >= 4 is 40.7 Å². The van der Waals surface area contributed by atoms with E-state index in [1.165, 1.54) is 0 Å². The van der Waals surface area contributed by atoms with Crippen LogP contribution in [-0.4, -0.2) is 17.5 Å². The third kappa shape index (κ3) is 5.59. The van der Waals surface area contributed by atoms with Gasteiger partial charge in [-0.05, 0) is 36.6 Å². The second kappa shape index (κ2) is 10.1. The van der Waals surface area contributed by atoms with Gasteiger partial charge in [-0.25, -0.2) is 13.8 Å². The summed E-state index contributed by atoms with van der Waals surface area (Å²) in [5.74, 6) is -0.429. The van der Waals surface area contributed by atoms with Crippen LogP contribution in [0.15, 0.2) is 59.7 Å². The number of nitrogens with zero attached hydrogens (tertiary/aromatic N) is 2. The van der Waals surface area contributed by atoms with Crippen LogP contribution in [0.1, 0.15) is 18.2 Å². The second-order valence-electron chi connectivity index (χ2n) is 5.76. The molecular weight excluding hydrogens is 461 g/mol. The van der Waals surface area contributed by atoms with Gasteiger partial charge in [-0.15, -0.1) is 24.0 Å². The van der Waals surface area contributed by atoms with Crippen molar-refractivity contribution in [2.24, 2.45) is 4.99 Å². The van der Waals surface area contributed by atoms with Gasteiger partial charge >= 0.3 is 0 Å². The van der Waals surface area contributed by atoms with Crippen LogP contribution in [0.2, 0.25) is 0 Å². The summed E-state index contributed by atoms with van der Waals surface area (Å²) in [6, 6.07) is 13.3. The predicted octanol–water partition coefficient (Wildman–Crippen LogP) is 4.39. The minimum Gasteiger partial charge on any atom is -0.357 e. The van der Waals surface area contributed by atoms with E-state index in [1.807, 2.05) is 37.3 Å². The molecule has 0 atom stereocenters. The Kier molecular flexibility index (Phi) is 7.90. The quantitative estimate of drug-likeness (QED) is 0.323. The van der Waals surface area contributed by atoms with E-state index in [0.29, 0.717) is 19.0 Å². The molecule has 0 fully saturated rings. The van der Waals surface area contributed by atoms with E-state index in [4.69, 9.17) is 0 Å². The van der Waals surface area contributed by atoms with Crippen LogP contribution in [0.25, 0.3) is 10.8 Å². The van der Waals surface area contributed by atoms with Gasteiger partial charge in [0.1, 0.15) is 11.6 Å². The second-order valence-corrected chi connectivity index (χ2v) is 5.76. The Labute approximate surface area is 174 Å². The first-order chi connectivity index (χ1) is 12.7. The first kappa shape index (κ1) is 21.0. The Morgan fingerprint density at radius 3 is 2.70 bits per heavy atom. The molecule has 1 aromatic heterocycles. The van der Waals surface area contributed by atoms with Crippen LogP contribution in [0, 0.1) is 11.6 Å². The van der Waals surface area contributed by atoms with Gasteiger partial charge in [0, 0.05) is 23.7 Å². The zero-order chi connectivity index (χ0) is 18.4. The van der Waals surface area contributed by atoms with E-state index in [1.54, 1.807) is 6.20 Å². The van der Waals surface area contributed by atoms with E-state index in [-0.39, 0.29) is 36.1 Å². The standard InChI is InChI=1S/C20H20F2N4.HI/c1-2-23-20(25-12-15-11-16(21)7-8-18(15)22)26-13-19-17-6-4-3-5-14(17)9-10-24-19;/h3-11H,2,12-13H2,1H3,(H2,23,25,26);1H. The largest absolute Gasteiger partial charge is 0.357 e. The molecule has 0 saturated heterocycles. The molecule has 0 amide bonds. The van der Waals surface area contributed by atoms with Gasteiger partial charge in [0.2, 0.25) is 0 Å². The SMILES string of the molecule is CCNC(=NCc1cc(F)ccc1F)NCc1nccc2ccccc12.I. The molecule has 3 rings (SSSR count). The van der Waals surface area contributed by atoms with Crippen LogP contribution < -0.4 is 10.6 Å². The number of hydrogen-bond donors (Lipinski definition) is 2. The summed E-state index contributed by atoms with van der Waals surface area (Å²) in [5.41, 5.74) is 1.11. The average molecular weight is 482 g/mol. The van der Waals surface area contributed by atoms with Crippen LogP contribution in [0.4, 0.5) is 8.78 Å². The lowest BCUT2D eigenvalue weighted by Gasteiger charge is -2.12. The molecule has 7 heteroatoms. The van der Waals surface area contributed by atoms with Gasteiger partial charge in [0.15, 0.2) is 5.96 Å². The van der Waals surface area contributed by atoms with Crippen molar-refractivity contribution in [1.82, 2.24) is 15.6 Å². The van der Waals surface area contributed by atoms with Crippen molar-refractivity contribution in [3.63, 3.8) is 0 Å². The maximum atomic E-state index is 13.7. The van der Waals surface area contributed by atoms with Crippen LogP contribution in [-0.2, 0) is 13.1 Å². The number of aromatic nitrogens is 1. The summed E-state index contributed by atoms with van der Waals surface area (Å²) in [5, 5.41) is 8.47. The summed E-state index contributed by atoms with van der Waals surface area (Å²) in [7, 11) is 0. The van der Waals surface area contributed by atoms with Gasteiger partial charge in [-0.1, -0.05) is 24.3 Å². The molecule has 0 aliphatic rings. The molecule has 0 radical (unpaired) electrons. The van der Waals surface area contributed by atoms with Gasteiger partial charge in [0.25, 0.3) is 0 Å². The molecule has 0 aliphatic carbocycles. The van der Waals surface area contributed by atoms with Crippen LogP contribution >= 0.6 is 24.0 Å². The summed E-state index contributed by atoms with van der Waals surface area (Å²) in [4.78, 5) is 8.77. The first-order valence-corrected chi connectivity index (χ1v) is 8.46. The molecule has 0 spiro atoms. The number of aliphatic imine (C=N–C) groups is 1. The molecule has 0 aliphatic heterocycles. The monoisotopic (exact) mass is 482 g/mol. The number of benzene rings is 2. The molecule has 1 heterocycles. The normalized spacial score (nSPS) is 11.1. The van der Waals surface area contributed by atoms with E-state index in [0.717, 1.165) is 34.7 Å². The van der Waals surface area contributed by atoms with Crippen molar-refractivity contribution in [3.8, 4) is 0 Å². The van der Waals surface area contributed by atoms with Crippen molar-refractivity contribution in [1.29, 1.82) is 0 Å². The average Bonchev–Trinajstić information content (AvgIpc) is 2.66. The highest BCUT2D eigenvalue weighted by Gasteiger charge is 2.06. The highest BCUT2D eigenvalue weighted by atomic mass is 127. The number of pyridine rings is 1. The van der Waals surface area contributed by atoms with Crippen LogP contribution in [0.5, 0.6) is 0 Å². The molecular formula is C20H21F2IN4. The molecule has 2 N–H and O–H groups in total. The summed E-state index contributed by atoms with van der Waals surface area (Å²) in [6.07, 6.45) is 1.77. The van der Waals surface area contributed by atoms with Gasteiger partial charge in [-0.2, -0.15) is 0 Å². The molecule has 0 bridgehead atoms. The lowest BCUT2D eigenvalue weighted by molar-refractivity contribution is 0.585. The van der Waals surface area contributed by atoms with E-state index in [9.17, 15) is 8.78 Å². The van der Waals surface area contributed by atoms with E-state index in [2.05, 4.69) is 20.6 Å². The van der Waals surface area contributed by atoms with Crippen LogP contribution in [0.3, 0.4) is 0 Å². The van der Waals surface area contributed by atoms with Crippen molar-refractivity contribution in [2.45, 2.75) is 20.0 Å². The minimum absolute atomic E-state index is 0. The molecule has 4 nitrogen and oxygen atoms in total. The fourth-order valence-corrected chi connectivity index (χ4v) is 2.66. The zero-order valence-corrected chi connectivity index (χ0v) is 17.2. The molecule has 0 saturated carbocycles. The molecule has 3 aromatic rings. The summed E-state index contributed by atoms with van der Waals surface area (Å²) >= 11 is 0. The Bertz CT molecular complexity index is 926. The first-order valence-electron chi connectivity index (χ1n) is 8.46. The Morgan fingerprint density at radius 2 is 1.89 bits per heavy atom. The fourth-order valence-electron chi connectivity index (χ4n) is 2.66. The maximum Gasteiger partial charge on any atom is 0.191 e. The van der Waals surface area contributed by atoms with Gasteiger partial charge < -0.3 is 10.6 Å². The minimum atomic E-state index is -0.477. The highest BCUT2D eigenvalue weighted by Crippen LogP contribution is 2.16. The number of guanidine groups is 1.